The molecule has 0 bridgehead atoms. The van der Waals surface area contributed by atoms with Crippen molar-refractivity contribution in [3.8, 4) is 11.1 Å². The van der Waals surface area contributed by atoms with Crippen LogP contribution in [0.25, 0.3) is 11.1 Å². The summed E-state index contributed by atoms with van der Waals surface area (Å²) >= 11 is 0. The van der Waals surface area contributed by atoms with Crippen molar-refractivity contribution in [3.05, 3.63) is 54.3 Å². The smallest absolute Gasteiger partial charge is 0.123 e. The van der Waals surface area contributed by atoms with Crippen LogP contribution in [0.4, 0.5) is 10.1 Å². The molecule has 0 aliphatic carbocycles. The number of likely N-dealkylation sites (tertiary alicyclic amines) is 1. The number of rotatable bonds is 4. The van der Waals surface area contributed by atoms with Gasteiger partial charge < -0.3 is 10.0 Å². The van der Waals surface area contributed by atoms with E-state index in [1.54, 1.807) is 0 Å². The normalized spacial score (nSPS) is 22.1. The first-order valence-corrected chi connectivity index (χ1v) is 10.2. The summed E-state index contributed by atoms with van der Waals surface area (Å²) in [7, 11) is 0. The minimum absolute atomic E-state index is 0.196. The number of nitrogens with zero attached hydrogens (tertiary/aromatic N) is 2. The van der Waals surface area contributed by atoms with Crippen LogP contribution in [0.3, 0.4) is 0 Å². The third-order valence-electron chi connectivity index (χ3n) is 6.18. The Morgan fingerprint density at radius 2 is 1.70 bits per heavy atom. The molecule has 27 heavy (non-hydrogen) atoms. The van der Waals surface area contributed by atoms with Gasteiger partial charge in [0.2, 0.25) is 0 Å². The number of aliphatic hydroxyl groups is 1. The molecule has 1 N–H and O–H groups in total. The van der Waals surface area contributed by atoms with E-state index in [1.165, 1.54) is 50.0 Å². The number of benzene rings is 2. The first-order chi connectivity index (χ1) is 13.2. The summed E-state index contributed by atoms with van der Waals surface area (Å²) in [6, 6.07) is 16.0. The Balaban J connectivity index is 1.39. The Morgan fingerprint density at radius 1 is 0.926 bits per heavy atom. The van der Waals surface area contributed by atoms with E-state index >= 15 is 0 Å². The van der Waals surface area contributed by atoms with Crippen LogP contribution < -0.4 is 4.90 Å². The highest BCUT2D eigenvalue weighted by atomic mass is 19.1. The largest absolute Gasteiger partial charge is 0.396 e. The monoisotopic (exact) mass is 368 g/mol. The number of aliphatic hydroxyl groups excluding tert-OH is 1. The molecular formula is C23H29FN2O. The van der Waals surface area contributed by atoms with Gasteiger partial charge in [-0.1, -0.05) is 24.3 Å². The minimum atomic E-state index is -0.196. The van der Waals surface area contributed by atoms with Crippen LogP contribution in [0.1, 0.15) is 25.7 Å². The van der Waals surface area contributed by atoms with Crippen molar-refractivity contribution in [2.45, 2.75) is 31.7 Å². The van der Waals surface area contributed by atoms with Gasteiger partial charge in [0, 0.05) is 38.0 Å². The molecule has 4 heteroatoms. The lowest BCUT2D eigenvalue weighted by Gasteiger charge is -2.42. The number of anilines is 1. The van der Waals surface area contributed by atoms with Gasteiger partial charge in [0.05, 0.1) is 0 Å². The van der Waals surface area contributed by atoms with Gasteiger partial charge >= 0.3 is 0 Å². The second-order valence-electron chi connectivity index (χ2n) is 7.96. The van der Waals surface area contributed by atoms with E-state index in [9.17, 15) is 9.50 Å². The van der Waals surface area contributed by atoms with E-state index < -0.39 is 0 Å². The average Bonchev–Trinajstić information content (AvgIpc) is 2.74. The zero-order chi connectivity index (χ0) is 18.6. The van der Waals surface area contributed by atoms with Crippen molar-refractivity contribution in [1.82, 2.24) is 4.90 Å². The van der Waals surface area contributed by atoms with Crippen molar-refractivity contribution in [2.75, 3.05) is 37.7 Å². The van der Waals surface area contributed by atoms with Gasteiger partial charge in [0.1, 0.15) is 5.82 Å². The molecule has 4 rings (SSSR count). The molecule has 3 nitrogen and oxygen atoms in total. The molecule has 2 aromatic carbocycles. The fraction of sp³-hybridized carbons (Fsp3) is 0.478. The maximum atomic E-state index is 13.2. The molecule has 2 heterocycles. The van der Waals surface area contributed by atoms with Crippen LogP contribution in [0, 0.1) is 11.7 Å². The summed E-state index contributed by atoms with van der Waals surface area (Å²) in [6.45, 7) is 4.70. The average molecular weight is 368 g/mol. The van der Waals surface area contributed by atoms with Crippen LogP contribution in [-0.2, 0) is 0 Å². The highest BCUT2D eigenvalue weighted by molar-refractivity contribution is 5.68. The van der Waals surface area contributed by atoms with Crippen molar-refractivity contribution in [3.63, 3.8) is 0 Å². The maximum absolute atomic E-state index is 13.2. The second-order valence-corrected chi connectivity index (χ2v) is 7.96. The number of halogens is 1. The lowest BCUT2D eigenvalue weighted by Crippen LogP contribution is -2.49. The lowest BCUT2D eigenvalue weighted by atomic mass is 9.94. The standard InChI is InChI=1S/C23H29FN2O/c24-21-8-6-19(7-9-21)20-4-1-5-23(15-20)25-13-10-22(11-14-25)26-12-2-3-18(16-26)17-27/h1,4-9,15,18,22,27H,2-3,10-14,16-17H2/t18-/m1/s1. The fourth-order valence-corrected chi connectivity index (χ4v) is 4.59. The Bertz CT molecular complexity index is 740. The Kier molecular flexibility index (Phi) is 5.74. The fourth-order valence-electron chi connectivity index (χ4n) is 4.59. The van der Waals surface area contributed by atoms with Crippen LogP contribution >= 0.6 is 0 Å². The summed E-state index contributed by atoms with van der Waals surface area (Å²) < 4.78 is 13.2. The van der Waals surface area contributed by atoms with E-state index in [1.807, 2.05) is 12.1 Å². The Labute approximate surface area is 161 Å². The van der Waals surface area contributed by atoms with Gasteiger partial charge in [-0.25, -0.2) is 4.39 Å². The number of piperidine rings is 2. The molecule has 1 atom stereocenters. The predicted molar refractivity (Wildman–Crippen MR) is 108 cm³/mol. The topological polar surface area (TPSA) is 26.7 Å². The van der Waals surface area contributed by atoms with Gasteiger partial charge in [0.15, 0.2) is 0 Å². The third kappa shape index (κ3) is 4.33. The van der Waals surface area contributed by atoms with Crippen molar-refractivity contribution in [1.29, 1.82) is 0 Å². The highest BCUT2D eigenvalue weighted by Crippen LogP contribution is 2.29. The van der Waals surface area contributed by atoms with E-state index in [2.05, 4.69) is 34.1 Å². The molecular weight excluding hydrogens is 339 g/mol. The first-order valence-electron chi connectivity index (χ1n) is 10.2. The van der Waals surface area contributed by atoms with Crippen molar-refractivity contribution >= 4 is 5.69 Å². The van der Waals surface area contributed by atoms with Gasteiger partial charge in [-0.3, -0.25) is 4.90 Å². The summed E-state index contributed by atoms with van der Waals surface area (Å²) in [6.07, 6.45) is 4.74. The van der Waals surface area contributed by atoms with E-state index in [0.717, 1.165) is 30.8 Å². The molecule has 0 unspecified atom stereocenters. The summed E-state index contributed by atoms with van der Waals surface area (Å²) in [5.41, 5.74) is 3.44. The lowest BCUT2D eigenvalue weighted by molar-refractivity contribution is 0.0778. The summed E-state index contributed by atoms with van der Waals surface area (Å²) in [5.74, 6) is 0.266. The zero-order valence-electron chi connectivity index (χ0n) is 15.9. The van der Waals surface area contributed by atoms with Crippen LogP contribution in [-0.4, -0.2) is 48.8 Å². The molecule has 2 aromatic rings. The van der Waals surface area contributed by atoms with Gasteiger partial charge in [-0.05, 0) is 73.5 Å². The zero-order valence-corrected chi connectivity index (χ0v) is 15.9. The molecule has 0 aromatic heterocycles. The second kappa shape index (κ2) is 8.41. The van der Waals surface area contributed by atoms with E-state index in [4.69, 9.17) is 0 Å². The first kappa shape index (κ1) is 18.5. The quantitative estimate of drug-likeness (QED) is 0.878. The molecule has 2 fully saturated rings. The van der Waals surface area contributed by atoms with E-state index in [0.29, 0.717) is 18.6 Å². The molecule has 0 radical (unpaired) electrons. The van der Waals surface area contributed by atoms with Gasteiger partial charge in [-0.2, -0.15) is 0 Å². The number of hydrogen-bond acceptors (Lipinski definition) is 3. The molecule has 0 saturated carbocycles. The van der Waals surface area contributed by atoms with Crippen molar-refractivity contribution in [2.24, 2.45) is 5.92 Å². The van der Waals surface area contributed by atoms with Crippen LogP contribution in [0.5, 0.6) is 0 Å². The number of hydrogen-bond donors (Lipinski definition) is 1. The SMILES string of the molecule is OC[C@@H]1CCCN(C2CCN(c3cccc(-c4ccc(F)cc4)c3)CC2)C1. The Hall–Kier alpha value is -1.91. The molecule has 2 aliphatic heterocycles. The van der Waals surface area contributed by atoms with E-state index in [-0.39, 0.29) is 5.82 Å². The highest BCUT2D eigenvalue weighted by Gasteiger charge is 2.28. The van der Waals surface area contributed by atoms with Crippen LogP contribution in [0.2, 0.25) is 0 Å². The van der Waals surface area contributed by atoms with Gasteiger partial charge in [0.25, 0.3) is 0 Å². The molecule has 0 spiro atoms. The molecule has 2 aliphatic rings. The Morgan fingerprint density at radius 3 is 2.44 bits per heavy atom. The van der Waals surface area contributed by atoms with Crippen molar-refractivity contribution < 1.29 is 9.50 Å². The third-order valence-corrected chi connectivity index (χ3v) is 6.18. The molecule has 144 valence electrons. The molecule has 2 saturated heterocycles. The summed E-state index contributed by atoms with van der Waals surface area (Å²) in [5, 5.41) is 9.48. The molecule has 0 amide bonds. The van der Waals surface area contributed by atoms with Gasteiger partial charge in [-0.15, -0.1) is 0 Å². The minimum Gasteiger partial charge on any atom is -0.396 e. The maximum Gasteiger partial charge on any atom is 0.123 e. The predicted octanol–water partition coefficient (Wildman–Crippen LogP) is 4.17. The summed E-state index contributed by atoms with van der Waals surface area (Å²) in [4.78, 5) is 5.08. The van der Waals surface area contributed by atoms with Crippen LogP contribution in [0.15, 0.2) is 48.5 Å².